The molecule has 0 amide bonds. The zero-order valence-electron chi connectivity index (χ0n) is 20.8. The van der Waals surface area contributed by atoms with Gasteiger partial charge < -0.3 is 14.4 Å². The molecule has 0 unspecified atom stereocenters. The number of imidazole rings is 1. The number of benzene rings is 2. The van der Waals surface area contributed by atoms with Crippen molar-refractivity contribution in [2.45, 2.75) is 17.3 Å². The van der Waals surface area contributed by atoms with Crippen molar-refractivity contribution in [2.75, 3.05) is 41.7 Å². The molecule has 3 aromatic heterocycles. The number of aryl methyl sites for hydroxylation is 2. The molecule has 1 N–H and O–H groups in total. The summed E-state index contributed by atoms with van der Waals surface area (Å²) in [5.41, 5.74) is 2.09. The lowest BCUT2D eigenvalue weighted by molar-refractivity contribution is 0.610. The maximum Gasteiger partial charge on any atom is 0.329 e. The minimum absolute atomic E-state index is 0.404. The Hall–Kier alpha value is -3.28. The van der Waals surface area contributed by atoms with Gasteiger partial charge in [-0.05, 0) is 36.8 Å². The molecule has 1 fully saturated rings. The van der Waals surface area contributed by atoms with Gasteiger partial charge in [0.05, 0.1) is 10.2 Å². The van der Waals surface area contributed by atoms with E-state index in [1.54, 1.807) is 30.1 Å². The average molecular weight is 568 g/mol. The number of halogens is 1. The van der Waals surface area contributed by atoms with Crippen LogP contribution in [-0.2, 0) is 13.6 Å². The second kappa shape index (κ2) is 10.5. The number of rotatable bonds is 7. The molecule has 1 aliphatic rings. The van der Waals surface area contributed by atoms with Gasteiger partial charge in [0.25, 0.3) is 5.56 Å². The molecular formula is C26H26ClN7O2S2. The van der Waals surface area contributed by atoms with Crippen molar-refractivity contribution in [1.82, 2.24) is 24.1 Å². The molecule has 1 saturated heterocycles. The van der Waals surface area contributed by atoms with Crippen LogP contribution in [0.5, 0.6) is 0 Å². The van der Waals surface area contributed by atoms with E-state index >= 15 is 0 Å². The van der Waals surface area contributed by atoms with Crippen molar-refractivity contribution in [2.24, 2.45) is 7.05 Å². The fraction of sp³-hybridized carbons (Fsp3) is 0.308. The third-order valence-electron chi connectivity index (χ3n) is 6.75. The van der Waals surface area contributed by atoms with Gasteiger partial charge in [-0.1, -0.05) is 41.6 Å². The molecule has 5 aromatic rings. The van der Waals surface area contributed by atoms with Crippen LogP contribution >= 0.6 is 34.7 Å². The van der Waals surface area contributed by atoms with Crippen LogP contribution in [0.3, 0.4) is 0 Å². The number of aromatic nitrogens is 5. The maximum absolute atomic E-state index is 12.9. The number of piperazine rings is 1. The highest BCUT2D eigenvalue weighted by molar-refractivity contribution is 8.01. The zero-order chi connectivity index (χ0) is 26.2. The molecule has 0 bridgehead atoms. The van der Waals surface area contributed by atoms with Crippen LogP contribution in [-0.4, -0.2) is 56.0 Å². The number of anilines is 2. The predicted octanol–water partition coefficient (Wildman–Crippen LogP) is 4.20. The van der Waals surface area contributed by atoms with Gasteiger partial charge in [-0.15, -0.1) is 11.3 Å². The third kappa shape index (κ3) is 4.81. The molecule has 196 valence electrons. The molecular weight excluding hydrogens is 542 g/mol. The molecule has 6 rings (SSSR count). The normalized spacial score (nSPS) is 14.2. The molecule has 1 aliphatic heterocycles. The summed E-state index contributed by atoms with van der Waals surface area (Å²) in [7, 11) is 1.64. The number of thiazole rings is 1. The van der Waals surface area contributed by atoms with E-state index in [2.05, 4.69) is 26.9 Å². The number of fused-ring (bicyclic) bond motifs is 2. The Bertz CT molecular complexity index is 1700. The van der Waals surface area contributed by atoms with Crippen molar-refractivity contribution >= 4 is 67.7 Å². The lowest BCUT2D eigenvalue weighted by atomic mass is 10.2. The molecule has 12 heteroatoms. The zero-order valence-corrected chi connectivity index (χ0v) is 23.2. The van der Waals surface area contributed by atoms with Crippen LogP contribution in [0.4, 0.5) is 11.6 Å². The molecule has 0 spiro atoms. The summed E-state index contributed by atoms with van der Waals surface area (Å²) in [6.07, 6.45) is 0.823. The Kier molecular flexibility index (Phi) is 6.89. The second-order valence-corrected chi connectivity index (χ2v) is 12.0. The van der Waals surface area contributed by atoms with E-state index in [-0.39, 0.29) is 0 Å². The Labute approximate surface area is 231 Å². The molecule has 9 nitrogen and oxygen atoms in total. The lowest BCUT2D eigenvalue weighted by Gasteiger charge is -2.36. The highest BCUT2D eigenvalue weighted by atomic mass is 35.5. The molecule has 4 heterocycles. The highest BCUT2D eigenvalue weighted by Gasteiger charge is 2.25. The summed E-state index contributed by atoms with van der Waals surface area (Å²) in [5.74, 6) is 1.58. The van der Waals surface area contributed by atoms with Gasteiger partial charge >= 0.3 is 5.69 Å². The number of hydrogen-bond acceptors (Lipinski definition) is 8. The minimum Gasteiger partial charge on any atom is -0.368 e. The van der Waals surface area contributed by atoms with E-state index in [9.17, 15) is 9.59 Å². The van der Waals surface area contributed by atoms with Crippen LogP contribution < -0.4 is 21.0 Å². The molecule has 0 atom stereocenters. The van der Waals surface area contributed by atoms with Crippen molar-refractivity contribution < 1.29 is 0 Å². The third-order valence-corrected chi connectivity index (χ3v) is 9.25. The van der Waals surface area contributed by atoms with Crippen molar-refractivity contribution in [3.63, 3.8) is 0 Å². The van der Waals surface area contributed by atoms with Gasteiger partial charge in [0, 0.05) is 56.2 Å². The van der Waals surface area contributed by atoms with Crippen LogP contribution in [0.2, 0.25) is 5.02 Å². The number of aromatic amines is 1. The first-order chi connectivity index (χ1) is 18.5. The standard InChI is InChI=1S/C26H26ClN7O2S2/c1-31-22-21(23(35)30-25(31)36)34(10-5-15-37-26-28-19-8-2-3-9-20(19)38-26)24(29-22)33-13-11-32(12-14-33)18-7-4-6-17(27)16-18/h2-4,6-9,16H,5,10-15H2,1H3,(H,30,35,36). The van der Waals surface area contributed by atoms with Gasteiger partial charge in [0.1, 0.15) is 0 Å². The van der Waals surface area contributed by atoms with E-state index in [4.69, 9.17) is 21.6 Å². The fourth-order valence-electron chi connectivity index (χ4n) is 4.81. The van der Waals surface area contributed by atoms with E-state index in [1.807, 2.05) is 41.0 Å². The van der Waals surface area contributed by atoms with Gasteiger partial charge in [0.2, 0.25) is 5.95 Å². The first-order valence-electron chi connectivity index (χ1n) is 12.4. The number of hydrogen-bond donors (Lipinski definition) is 1. The van der Waals surface area contributed by atoms with Crippen molar-refractivity contribution in [3.8, 4) is 0 Å². The summed E-state index contributed by atoms with van der Waals surface area (Å²) >= 11 is 9.62. The van der Waals surface area contributed by atoms with Gasteiger partial charge in [-0.3, -0.25) is 14.3 Å². The molecule has 38 heavy (non-hydrogen) atoms. The number of H-pyrrole nitrogens is 1. The van der Waals surface area contributed by atoms with Gasteiger partial charge in [0.15, 0.2) is 15.5 Å². The van der Waals surface area contributed by atoms with Crippen molar-refractivity contribution in [1.29, 1.82) is 0 Å². The number of nitrogens with one attached hydrogen (secondary N) is 1. The smallest absolute Gasteiger partial charge is 0.329 e. The first-order valence-corrected chi connectivity index (χ1v) is 14.6. The van der Waals surface area contributed by atoms with Crippen LogP contribution in [0, 0.1) is 0 Å². The molecule has 0 radical (unpaired) electrons. The summed E-state index contributed by atoms with van der Waals surface area (Å²) in [6, 6.07) is 16.0. The predicted molar refractivity (Wildman–Crippen MR) is 156 cm³/mol. The lowest BCUT2D eigenvalue weighted by Crippen LogP contribution is -2.47. The summed E-state index contributed by atoms with van der Waals surface area (Å²) in [6.45, 7) is 3.68. The van der Waals surface area contributed by atoms with Gasteiger partial charge in [-0.25, -0.2) is 9.78 Å². The summed E-state index contributed by atoms with van der Waals surface area (Å²) in [5, 5.41) is 0.718. The van der Waals surface area contributed by atoms with Gasteiger partial charge in [-0.2, -0.15) is 4.98 Å². The van der Waals surface area contributed by atoms with E-state index in [0.717, 1.165) is 64.9 Å². The van der Waals surface area contributed by atoms with E-state index in [0.29, 0.717) is 17.7 Å². The van der Waals surface area contributed by atoms with Crippen LogP contribution in [0.15, 0.2) is 62.5 Å². The first kappa shape index (κ1) is 25.0. The Morgan fingerprint density at radius 3 is 2.61 bits per heavy atom. The number of nitrogens with zero attached hydrogens (tertiary/aromatic N) is 6. The molecule has 2 aromatic carbocycles. The second-order valence-electron chi connectivity index (χ2n) is 9.16. The topological polar surface area (TPSA) is 92.0 Å². The average Bonchev–Trinajstić information content (AvgIpc) is 3.52. The quantitative estimate of drug-likeness (QED) is 0.233. The Balaban J connectivity index is 1.23. The SMILES string of the molecule is Cn1c(=O)[nH]c(=O)c2c1nc(N1CCN(c3cccc(Cl)c3)CC1)n2CCCSc1nc2ccccc2s1. The highest BCUT2D eigenvalue weighted by Crippen LogP contribution is 2.30. The largest absolute Gasteiger partial charge is 0.368 e. The monoisotopic (exact) mass is 567 g/mol. The summed E-state index contributed by atoms with van der Waals surface area (Å²) < 4.78 is 5.61. The van der Waals surface area contributed by atoms with Crippen LogP contribution in [0.1, 0.15) is 6.42 Å². The van der Waals surface area contributed by atoms with Crippen molar-refractivity contribution in [3.05, 3.63) is 74.4 Å². The van der Waals surface area contributed by atoms with E-state index < -0.39 is 11.2 Å². The van der Waals surface area contributed by atoms with E-state index in [1.165, 1.54) is 9.27 Å². The number of para-hydroxylation sites is 1. The number of thioether (sulfide) groups is 1. The molecule has 0 saturated carbocycles. The minimum atomic E-state index is -0.462. The Morgan fingerprint density at radius 2 is 1.82 bits per heavy atom. The molecule has 0 aliphatic carbocycles. The summed E-state index contributed by atoms with van der Waals surface area (Å²) in [4.78, 5) is 41.7. The Morgan fingerprint density at radius 1 is 1.03 bits per heavy atom. The maximum atomic E-state index is 12.9. The fourth-order valence-corrected chi connectivity index (χ4v) is 7.06. The van der Waals surface area contributed by atoms with Crippen LogP contribution in [0.25, 0.3) is 21.4 Å².